The van der Waals surface area contributed by atoms with Gasteiger partial charge in [0.2, 0.25) is 0 Å². The summed E-state index contributed by atoms with van der Waals surface area (Å²) in [7, 11) is 0. The van der Waals surface area contributed by atoms with E-state index in [2.05, 4.69) is 15.2 Å². The fourth-order valence-electron chi connectivity index (χ4n) is 3.86. The zero-order valence-electron chi connectivity index (χ0n) is 15.3. The summed E-state index contributed by atoms with van der Waals surface area (Å²) < 4.78 is 1.30. The highest BCUT2D eigenvalue weighted by Crippen LogP contribution is 2.23. The number of benzene rings is 1. The molecule has 0 unspecified atom stereocenters. The fourth-order valence-corrected chi connectivity index (χ4v) is 3.86. The molecule has 0 aliphatic carbocycles. The van der Waals surface area contributed by atoms with Crippen LogP contribution in [0.5, 0.6) is 0 Å². The number of piperidine rings is 1. The molecule has 0 spiro atoms. The number of aryl methyl sites for hydroxylation is 2. The first-order valence-corrected chi connectivity index (χ1v) is 9.01. The number of hydrogen-bond donors (Lipinski definition) is 2. The van der Waals surface area contributed by atoms with Gasteiger partial charge in [-0.15, -0.1) is 0 Å². The van der Waals surface area contributed by atoms with Gasteiger partial charge in [-0.1, -0.05) is 12.1 Å². The van der Waals surface area contributed by atoms with Crippen LogP contribution in [0.15, 0.2) is 33.9 Å². The number of para-hydroxylation sites is 1. The van der Waals surface area contributed by atoms with Crippen molar-refractivity contribution in [3.05, 3.63) is 62.1 Å². The molecule has 0 bridgehead atoms. The van der Waals surface area contributed by atoms with Crippen LogP contribution in [0.4, 0.5) is 0 Å². The first-order valence-electron chi connectivity index (χ1n) is 9.01. The molecule has 0 radical (unpaired) electrons. The summed E-state index contributed by atoms with van der Waals surface area (Å²) in [4.78, 5) is 42.6. The van der Waals surface area contributed by atoms with E-state index < -0.39 is 5.69 Å². The molecule has 1 fully saturated rings. The largest absolute Gasteiger partial charge is 0.338 e. The second kappa shape index (κ2) is 6.53. The van der Waals surface area contributed by atoms with Crippen molar-refractivity contribution in [2.45, 2.75) is 32.7 Å². The van der Waals surface area contributed by atoms with Gasteiger partial charge in [0, 0.05) is 24.8 Å². The van der Waals surface area contributed by atoms with E-state index in [9.17, 15) is 14.4 Å². The molecule has 4 rings (SSSR count). The van der Waals surface area contributed by atoms with Gasteiger partial charge in [-0.05, 0) is 38.8 Å². The highest BCUT2D eigenvalue weighted by Gasteiger charge is 2.28. The number of likely N-dealkylation sites (tertiary alicyclic amines) is 1. The molecule has 0 atom stereocenters. The minimum Gasteiger partial charge on any atom is -0.338 e. The van der Waals surface area contributed by atoms with Crippen molar-refractivity contribution in [3.63, 3.8) is 0 Å². The summed E-state index contributed by atoms with van der Waals surface area (Å²) in [5.74, 6) is -0.0584. The van der Waals surface area contributed by atoms with Crippen LogP contribution in [0.25, 0.3) is 10.9 Å². The molecule has 8 heteroatoms. The van der Waals surface area contributed by atoms with E-state index in [1.807, 2.05) is 6.92 Å². The van der Waals surface area contributed by atoms with Crippen molar-refractivity contribution in [1.29, 1.82) is 0 Å². The Balaban J connectivity index is 1.58. The number of carbonyl (C=O) groups excluding carboxylic acids is 1. The van der Waals surface area contributed by atoms with Crippen LogP contribution in [0.2, 0.25) is 0 Å². The monoisotopic (exact) mass is 367 g/mol. The molecule has 1 aliphatic rings. The van der Waals surface area contributed by atoms with Crippen LogP contribution in [0.3, 0.4) is 0 Å². The van der Waals surface area contributed by atoms with Gasteiger partial charge in [0.25, 0.3) is 11.5 Å². The van der Waals surface area contributed by atoms with Gasteiger partial charge in [-0.25, -0.2) is 4.79 Å². The summed E-state index contributed by atoms with van der Waals surface area (Å²) in [6.45, 7) is 4.62. The minimum absolute atomic E-state index is 0.0584. The van der Waals surface area contributed by atoms with Crippen molar-refractivity contribution >= 4 is 16.8 Å². The van der Waals surface area contributed by atoms with E-state index in [0.717, 1.165) is 5.69 Å². The molecular weight excluding hydrogens is 346 g/mol. The average Bonchev–Trinajstić information content (AvgIpc) is 3.00. The number of nitrogens with zero attached hydrogens (tertiary/aromatic N) is 3. The molecule has 1 amide bonds. The third-order valence-corrected chi connectivity index (χ3v) is 5.30. The normalized spacial score (nSPS) is 15.4. The van der Waals surface area contributed by atoms with Crippen molar-refractivity contribution in [1.82, 2.24) is 24.6 Å². The zero-order chi connectivity index (χ0) is 19.1. The second-order valence-electron chi connectivity index (χ2n) is 6.98. The van der Waals surface area contributed by atoms with E-state index in [1.54, 1.807) is 36.1 Å². The van der Waals surface area contributed by atoms with E-state index in [1.165, 1.54) is 4.57 Å². The number of aromatic nitrogens is 4. The number of hydrogen-bond acceptors (Lipinski definition) is 4. The molecule has 2 N–H and O–H groups in total. The highest BCUT2D eigenvalue weighted by atomic mass is 16.2. The van der Waals surface area contributed by atoms with E-state index in [4.69, 9.17) is 0 Å². The van der Waals surface area contributed by atoms with E-state index in [0.29, 0.717) is 48.1 Å². The van der Waals surface area contributed by atoms with Crippen LogP contribution < -0.4 is 11.2 Å². The number of fused-ring (bicyclic) bond motifs is 1. The summed E-state index contributed by atoms with van der Waals surface area (Å²) in [6, 6.07) is 6.78. The maximum absolute atomic E-state index is 12.8. The Morgan fingerprint density at radius 1 is 1.15 bits per heavy atom. The number of rotatable bonds is 2. The highest BCUT2D eigenvalue weighted by molar-refractivity contribution is 5.96. The first kappa shape index (κ1) is 17.3. The second-order valence-corrected chi connectivity index (χ2v) is 6.98. The maximum Gasteiger partial charge on any atom is 0.329 e. The maximum atomic E-state index is 12.8. The molecule has 0 saturated carbocycles. The Kier molecular flexibility index (Phi) is 4.18. The van der Waals surface area contributed by atoms with Gasteiger partial charge in [-0.3, -0.25) is 19.3 Å². The van der Waals surface area contributed by atoms with Gasteiger partial charge in [0.15, 0.2) is 0 Å². The lowest BCUT2D eigenvalue weighted by molar-refractivity contribution is 0.0690. The predicted octanol–water partition coefficient (Wildman–Crippen LogP) is 1.51. The molecular formula is C19H21N5O3. The molecule has 3 heterocycles. The lowest BCUT2D eigenvalue weighted by atomic mass is 10.0. The van der Waals surface area contributed by atoms with Crippen LogP contribution in [-0.2, 0) is 0 Å². The smallest absolute Gasteiger partial charge is 0.329 e. The summed E-state index contributed by atoms with van der Waals surface area (Å²) in [6.07, 6.45) is 1.12. The standard InChI is InChI=1S/C19H21N5O3/c1-11-16(12(2)22-21-11)18(26)23-9-7-13(8-10-23)24-17(25)14-5-3-4-6-15(14)20-19(24)27/h3-6,13H,7-10H2,1-2H3,(H,20,27)(H,21,22). The summed E-state index contributed by atoms with van der Waals surface area (Å²) in [5, 5.41) is 7.42. The molecule has 27 heavy (non-hydrogen) atoms. The van der Waals surface area contributed by atoms with Crippen molar-refractivity contribution in [2.75, 3.05) is 13.1 Å². The Bertz CT molecular complexity index is 1110. The van der Waals surface area contributed by atoms with Crippen LogP contribution in [-0.4, -0.2) is 43.6 Å². The minimum atomic E-state index is -0.398. The molecule has 1 aromatic carbocycles. The predicted molar refractivity (Wildman–Crippen MR) is 101 cm³/mol. The van der Waals surface area contributed by atoms with Gasteiger partial charge < -0.3 is 9.88 Å². The molecule has 8 nitrogen and oxygen atoms in total. The fraction of sp³-hybridized carbons (Fsp3) is 0.368. The summed E-state index contributed by atoms with van der Waals surface area (Å²) in [5.41, 5.74) is 1.91. The van der Waals surface area contributed by atoms with Gasteiger partial charge in [-0.2, -0.15) is 5.10 Å². The first-order chi connectivity index (χ1) is 13.0. The number of nitrogens with one attached hydrogen (secondary N) is 2. The van der Waals surface area contributed by atoms with Gasteiger partial charge in [0.05, 0.1) is 22.2 Å². The van der Waals surface area contributed by atoms with E-state index in [-0.39, 0.29) is 17.5 Å². The molecule has 140 valence electrons. The van der Waals surface area contributed by atoms with Gasteiger partial charge in [0.1, 0.15) is 0 Å². The van der Waals surface area contributed by atoms with Crippen molar-refractivity contribution in [3.8, 4) is 0 Å². The van der Waals surface area contributed by atoms with E-state index >= 15 is 0 Å². The van der Waals surface area contributed by atoms with Crippen molar-refractivity contribution < 1.29 is 4.79 Å². The van der Waals surface area contributed by atoms with Gasteiger partial charge >= 0.3 is 5.69 Å². The number of aromatic amines is 2. The van der Waals surface area contributed by atoms with Crippen LogP contribution >= 0.6 is 0 Å². The zero-order valence-corrected chi connectivity index (χ0v) is 15.3. The quantitative estimate of drug-likeness (QED) is 0.716. The molecule has 2 aromatic heterocycles. The number of amides is 1. The Labute approximate surface area is 154 Å². The third kappa shape index (κ3) is 2.87. The lowest BCUT2D eigenvalue weighted by Gasteiger charge is -2.32. The molecule has 3 aromatic rings. The Hall–Kier alpha value is -3.16. The Morgan fingerprint density at radius 2 is 1.85 bits per heavy atom. The average molecular weight is 367 g/mol. The number of H-pyrrole nitrogens is 2. The lowest BCUT2D eigenvalue weighted by Crippen LogP contribution is -2.45. The topological polar surface area (TPSA) is 104 Å². The van der Waals surface area contributed by atoms with Crippen molar-refractivity contribution in [2.24, 2.45) is 0 Å². The van der Waals surface area contributed by atoms with Crippen LogP contribution in [0.1, 0.15) is 40.6 Å². The summed E-state index contributed by atoms with van der Waals surface area (Å²) >= 11 is 0. The van der Waals surface area contributed by atoms with Crippen LogP contribution in [0, 0.1) is 13.8 Å². The number of carbonyl (C=O) groups is 1. The molecule has 1 saturated heterocycles. The SMILES string of the molecule is Cc1n[nH]c(C)c1C(=O)N1CCC(n2c(=O)[nH]c3ccccc3c2=O)CC1. The molecule has 1 aliphatic heterocycles. The third-order valence-electron chi connectivity index (χ3n) is 5.30. The Morgan fingerprint density at radius 3 is 2.52 bits per heavy atom.